The van der Waals surface area contributed by atoms with Gasteiger partial charge in [-0.1, -0.05) is 35.9 Å². The molecule has 8 nitrogen and oxygen atoms in total. The van der Waals surface area contributed by atoms with E-state index in [1.807, 2.05) is 0 Å². The van der Waals surface area contributed by atoms with Crippen LogP contribution in [0.25, 0.3) is 0 Å². The number of halogens is 1. The molecular formula is C21H22ClN3O5S. The molecule has 2 heterocycles. The average Bonchev–Trinajstić information content (AvgIpc) is 3.18. The standard InChI is InChI=1S/C21H22ClN3O5S/c22-16-5-4-6-17(15-16)23-19(26)20(27)24-11-9-21(10-12-24)25(13-14-30-21)31(28,29)18-7-2-1-3-8-18/h1-8,15H,9-14H2,(H,23,26). The van der Waals surface area contributed by atoms with Crippen LogP contribution < -0.4 is 5.32 Å². The van der Waals surface area contributed by atoms with E-state index in [9.17, 15) is 18.0 Å². The van der Waals surface area contributed by atoms with Crippen LogP contribution in [0.2, 0.25) is 5.02 Å². The molecule has 2 aromatic carbocycles. The predicted octanol–water partition coefficient (Wildman–Crippen LogP) is 2.32. The number of sulfonamides is 1. The molecule has 2 amide bonds. The second-order valence-electron chi connectivity index (χ2n) is 7.44. The highest BCUT2D eigenvalue weighted by Crippen LogP contribution is 2.38. The van der Waals surface area contributed by atoms with Gasteiger partial charge in [-0.05, 0) is 30.3 Å². The van der Waals surface area contributed by atoms with Gasteiger partial charge < -0.3 is 15.0 Å². The van der Waals surface area contributed by atoms with Crippen molar-refractivity contribution in [3.05, 3.63) is 59.6 Å². The van der Waals surface area contributed by atoms with Crippen molar-refractivity contribution in [2.24, 2.45) is 0 Å². The van der Waals surface area contributed by atoms with E-state index in [-0.39, 0.29) is 44.0 Å². The normalized spacial score (nSPS) is 18.8. The first-order valence-corrected chi connectivity index (χ1v) is 11.7. The molecule has 0 saturated carbocycles. The summed E-state index contributed by atoms with van der Waals surface area (Å²) in [5.41, 5.74) is -0.576. The summed E-state index contributed by atoms with van der Waals surface area (Å²) >= 11 is 5.91. The quantitative estimate of drug-likeness (QED) is 0.705. The zero-order chi connectivity index (χ0) is 22.1. The van der Waals surface area contributed by atoms with Gasteiger partial charge in [0.15, 0.2) is 0 Å². The molecule has 0 aromatic heterocycles. The fourth-order valence-electron chi connectivity index (χ4n) is 4.00. The van der Waals surface area contributed by atoms with E-state index in [4.69, 9.17) is 16.3 Å². The van der Waals surface area contributed by atoms with Crippen LogP contribution in [-0.4, -0.2) is 61.4 Å². The third-order valence-electron chi connectivity index (χ3n) is 5.56. The van der Waals surface area contributed by atoms with Gasteiger partial charge in [-0.3, -0.25) is 9.59 Å². The minimum absolute atomic E-state index is 0.208. The monoisotopic (exact) mass is 463 g/mol. The predicted molar refractivity (Wildman–Crippen MR) is 115 cm³/mol. The summed E-state index contributed by atoms with van der Waals surface area (Å²) < 4.78 is 33.6. The number of ether oxygens (including phenoxy) is 1. The maximum atomic E-state index is 13.2. The number of nitrogens with one attached hydrogen (secondary N) is 1. The molecular weight excluding hydrogens is 442 g/mol. The van der Waals surface area contributed by atoms with Crippen LogP contribution in [0.15, 0.2) is 59.5 Å². The summed E-state index contributed by atoms with van der Waals surface area (Å²) in [5.74, 6) is -1.44. The van der Waals surface area contributed by atoms with Crippen LogP contribution in [0.5, 0.6) is 0 Å². The fourth-order valence-corrected chi connectivity index (χ4v) is 5.93. The number of carbonyl (C=O) groups is 2. The Hall–Kier alpha value is -2.46. The highest BCUT2D eigenvalue weighted by Gasteiger charge is 2.51. The van der Waals surface area contributed by atoms with Gasteiger partial charge in [0.1, 0.15) is 5.72 Å². The first-order valence-electron chi connectivity index (χ1n) is 9.90. The lowest BCUT2D eigenvalue weighted by Crippen LogP contribution is -2.56. The molecule has 2 saturated heterocycles. The van der Waals surface area contributed by atoms with E-state index in [2.05, 4.69) is 5.32 Å². The lowest BCUT2D eigenvalue weighted by Gasteiger charge is -2.42. The summed E-state index contributed by atoms with van der Waals surface area (Å²) in [4.78, 5) is 26.6. The van der Waals surface area contributed by atoms with Crippen LogP contribution >= 0.6 is 11.6 Å². The molecule has 2 fully saturated rings. The molecule has 164 valence electrons. The Kier molecular flexibility index (Phi) is 6.02. The van der Waals surface area contributed by atoms with Crippen molar-refractivity contribution in [1.82, 2.24) is 9.21 Å². The lowest BCUT2D eigenvalue weighted by atomic mass is 10.0. The zero-order valence-electron chi connectivity index (χ0n) is 16.7. The minimum atomic E-state index is -3.73. The number of piperidine rings is 1. The van der Waals surface area contributed by atoms with E-state index in [1.165, 1.54) is 9.21 Å². The summed E-state index contributed by atoms with van der Waals surface area (Å²) in [6, 6.07) is 14.8. The third kappa shape index (κ3) is 4.31. The minimum Gasteiger partial charge on any atom is -0.358 e. The molecule has 2 aromatic rings. The van der Waals surface area contributed by atoms with Crippen molar-refractivity contribution in [3.63, 3.8) is 0 Å². The number of likely N-dealkylation sites (tertiary alicyclic amines) is 1. The molecule has 1 spiro atoms. The van der Waals surface area contributed by atoms with E-state index in [1.54, 1.807) is 54.6 Å². The average molecular weight is 464 g/mol. The molecule has 31 heavy (non-hydrogen) atoms. The van der Waals surface area contributed by atoms with Crippen LogP contribution in [0.3, 0.4) is 0 Å². The number of amides is 2. The van der Waals surface area contributed by atoms with Gasteiger partial charge in [-0.25, -0.2) is 8.42 Å². The van der Waals surface area contributed by atoms with Gasteiger partial charge in [-0.2, -0.15) is 4.31 Å². The van der Waals surface area contributed by atoms with Gasteiger partial charge >= 0.3 is 11.8 Å². The van der Waals surface area contributed by atoms with Crippen molar-refractivity contribution < 1.29 is 22.7 Å². The first kappa shape index (κ1) is 21.8. The van der Waals surface area contributed by atoms with Crippen LogP contribution in [-0.2, 0) is 24.3 Å². The Morgan fingerprint density at radius 2 is 1.71 bits per heavy atom. The highest BCUT2D eigenvalue weighted by atomic mass is 35.5. The first-order chi connectivity index (χ1) is 14.8. The van der Waals surface area contributed by atoms with Gasteiger partial charge in [-0.15, -0.1) is 0 Å². The maximum Gasteiger partial charge on any atom is 0.313 e. The molecule has 4 rings (SSSR count). The Labute approximate surface area is 185 Å². The van der Waals surface area contributed by atoms with Crippen molar-refractivity contribution in [3.8, 4) is 0 Å². The second-order valence-corrected chi connectivity index (χ2v) is 9.74. The van der Waals surface area contributed by atoms with Crippen molar-refractivity contribution in [1.29, 1.82) is 0 Å². The van der Waals surface area contributed by atoms with Gasteiger partial charge in [0, 0.05) is 43.2 Å². The molecule has 10 heteroatoms. The number of nitrogens with zero attached hydrogens (tertiary/aromatic N) is 2. The van der Waals surface area contributed by atoms with Crippen molar-refractivity contribution in [2.75, 3.05) is 31.6 Å². The molecule has 0 atom stereocenters. The van der Waals surface area contributed by atoms with E-state index in [0.717, 1.165) is 0 Å². The Balaban J connectivity index is 1.43. The number of anilines is 1. The molecule has 0 unspecified atom stereocenters. The third-order valence-corrected chi connectivity index (χ3v) is 7.76. The molecule has 1 N–H and O–H groups in total. The summed E-state index contributed by atoms with van der Waals surface area (Å²) in [7, 11) is -3.73. The number of hydrogen-bond donors (Lipinski definition) is 1. The molecule has 0 bridgehead atoms. The number of rotatable bonds is 3. The highest BCUT2D eigenvalue weighted by molar-refractivity contribution is 7.89. The van der Waals surface area contributed by atoms with Crippen LogP contribution in [0.4, 0.5) is 5.69 Å². The zero-order valence-corrected chi connectivity index (χ0v) is 18.2. The Bertz CT molecular complexity index is 1090. The smallest absolute Gasteiger partial charge is 0.313 e. The van der Waals surface area contributed by atoms with Crippen LogP contribution in [0, 0.1) is 0 Å². The summed E-state index contributed by atoms with van der Waals surface area (Å²) in [6.07, 6.45) is 0.574. The van der Waals surface area contributed by atoms with Crippen molar-refractivity contribution in [2.45, 2.75) is 23.5 Å². The largest absolute Gasteiger partial charge is 0.358 e. The molecule has 2 aliphatic rings. The van der Waals surface area contributed by atoms with Crippen LogP contribution in [0.1, 0.15) is 12.8 Å². The topological polar surface area (TPSA) is 96.0 Å². The van der Waals surface area contributed by atoms with E-state index in [0.29, 0.717) is 10.7 Å². The van der Waals surface area contributed by atoms with Gasteiger partial charge in [0.05, 0.1) is 11.5 Å². The van der Waals surface area contributed by atoms with E-state index >= 15 is 0 Å². The number of hydrogen-bond acceptors (Lipinski definition) is 5. The van der Waals surface area contributed by atoms with Gasteiger partial charge in [0.2, 0.25) is 10.0 Å². The summed E-state index contributed by atoms with van der Waals surface area (Å²) in [5, 5.41) is 2.99. The molecule has 0 radical (unpaired) electrons. The molecule has 0 aliphatic carbocycles. The molecule has 2 aliphatic heterocycles. The van der Waals surface area contributed by atoms with Crippen molar-refractivity contribution >= 4 is 39.1 Å². The Morgan fingerprint density at radius 3 is 2.39 bits per heavy atom. The van der Waals surface area contributed by atoms with Gasteiger partial charge in [0.25, 0.3) is 0 Å². The SMILES string of the molecule is O=C(Nc1cccc(Cl)c1)C(=O)N1CCC2(CC1)OCCN2S(=O)(=O)c1ccccc1. The summed E-state index contributed by atoms with van der Waals surface area (Å²) in [6.45, 7) is 0.959. The Morgan fingerprint density at radius 1 is 1.00 bits per heavy atom. The second kappa shape index (κ2) is 8.58. The number of carbonyl (C=O) groups excluding carboxylic acids is 2. The fraction of sp³-hybridized carbons (Fsp3) is 0.333. The maximum absolute atomic E-state index is 13.2. The lowest BCUT2D eigenvalue weighted by molar-refractivity contribution is -0.148. The van der Waals surface area contributed by atoms with E-state index < -0.39 is 27.6 Å². The number of benzene rings is 2.